The number of H-pyrrole nitrogens is 1. The molecule has 0 unspecified atom stereocenters. The molecule has 2 nitrogen and oxygen atoms in total. The highest BCUT2D eigenvalue weighted by Crippen LogP contribution is 2.24. The average Bonchev–Trinajstić information content (AvgIpc) is 3.09. The SMILES string of the molecule is FC(F)c1ccc(/C=C/c2nc3ccc(-c4ccccc4)cc3[nH]2)cc1. The number of aromatic nitrogens is 2. The summed E-state index contributed by atoms with van der Waals surface area (Å²) >= 11 is 0. The van der Waals surface area contributed by atoms with Gasteiger partial charge >= 0.3 is 0 Å². The van der Waals surface area contributed by atoms with Crippen LogP contribution in [0.4, 0.5) is 8.78 Å². The van der Waals surface area contributed by atoms with Gasteiger partial charge in [-0.25, -0.2) is 13.8 Å². The summed E-state index contributed by atoms with van der Waals surface area (Å²) in [5.74, 6) is 0.725. The van der Waals surface area contributed by atoms with E-state index in [4.69, 9.17) is 0 Å². The molecule has 1 aromatic heterocycles. The summed E-state index contributed by atoms with van der Waals surface area (Å²) in [6, 6.07) is 22.5. The lowest BCUT2D eigenvalue weighted by Gasteiger charge is -2.00. The van der Waals surface area contributed by atoms with Crippen LogP contribution in [0, 0.1) is 0 Å². The minimum atomic E-state index is -2.44. The molecule has 3 aromatic carbocycles. The third-order valence-corrected chi connectivity index (χ3v) is 4.23. The van der Waals surface area contributed by atoms with E-state index in [0.29, 0.717) is 0 Å². The van der Waals surface area contributed by atoms with Crippen LogP contribution < -0.4 is 0 Å². The zero-order valence-electron chi connectivity index (χ0n) is 13.9. The van der Waals surface area contributed by atoms with Gasteiger partial charge in [0.15, 0.2) is 0 Å². The topological polar surface area (TPSA) is 28.7 Å². The molecule has 1 N–H and O–H groups in total. The first-order valence-electron chi connectivity index (χ1n) is 8.30. The molecule has 4 heteroatoms. The quantitative estimate of drug-likeness (QED) is 0.459. The van der Waals surface area contributed by atoms with E-state index in [2.05, 4.69) is 34.2 Å². The van der Waals surface area contributed by atoms with Crippen molar-refractivity contribution in [2.75, 3.05) is 0 Å². The Hall–Kier alpha value is -3.27. The number of benzene rings is 3. The van der Waals surface area contributed by atoms with Gasteiger partial charge < -0.3 is 4.98 Å². The van der Waals surface area contributed by atoms with Crippen molar-refractivity contribution in [2.45, 2.75) is 6.43 Å². The highest BCUT2D eigenvalue weighted by atomic mass is 19.3. The molecule has 0 atom stereocenters. The highest BCUT2D eigenvalue weighted by Gasteiger charge is 2.05. The van der Waals surface area contributed by atoms with Gasteiger partial charge in [-0.15, -0.1) is 0 Å². The fourth-order valence-electron chi connectivity index (χ4n) is 2.85. The molecule has 128 valence electrons. The van der Waals surface area contributed by atoms with Crippen molar-refractivity contribution < 1.29 is 8.78 Å². The smallest absolute Gasteiger partial charge is 0.263 e. The normalized spacial score (nSPS) is 11.7. The second kappa shape index (κ2) is 6.92. The van der Waals surface area contributed by atoms with Crippen molar-refractivity contribution in [3.8, 4) is 11.1 Å². The number of rotatable bonds is 4. The summed E-state index contributed by atoms with van der Waals surface area (Å²) in [4.78, 5) is 7.83. The number of fused-ring (bicyclic) bond motifs is 1. The van der Waals surface area contributed by atoms with Crippen LogP contribution in [0.1, 0.15) is 23.4 Å². The second-order valence-electron chi connectivity index (χ2n) is 6.02. The molecule has 0 bridgehead atoms. The number of hydrogen-bond acceptors (Lipinski definition) is 1. The fourth-order valence-corrected chi connectivity index (χ4v) is 2.85. The average molecular weight is 346 g/mol. The van der Waals surface area contributed by atoms with Crippen molar-refractivity contribution >= 4 is 23.2 Å². The Morgan fingerprint density at radius 3 is 2.31 bits per heavy atom. The molecule has 0 spiro atoms. The van der Waals surface area contributed by atoms with Crippen LogP contribution in [-0.4, -0.2) is 9.97 Å². The van der Waals surface area contributed by atoms with Gasteiger partial charge in [0.1, 0.15) is 5.82 Å². The monoisotopic (exact) mass is 346 g/mol. The van der Waals surface area contributed by atoms with Crippen LogP contribution >= 0.6 is 0 Å². The molecular weight excluding hydrogens is 330 g/mol. The van der Waals surface area contributed by atoms with Crippen molar-refractivity contribution in [3.05, 3.63) is 89.7 Å². The van der Waals surface area contributed by atoms with Crippen LogP contribution in [0.3, 0.4) is 0 Å². The molecule has 0 saturated carbocycles. The number of hydrogen-bond donors (Lipinski definition) is 1. The Labute approximate surface area is 149 Å². The Bertz CT molecular complexity index is 1050. The lowest BCUT2D eigenvalue weighted by Crippen LogP contribution is -1.83. The second-order valence-corrected chi connectivity index (χ2v) is 6.02. The van der Waals surface area contributed by atoms with E-state index in [1.54, 1.807) is 12.1 Å². The Kier molecular flexibility index (Phi) is 4.32. The molecule has 4 rings (SSSR count). The van der Waals surface area contributed by atoms with E-state index in [0.717, 1.165) is 33.5 Å². The summed E-state index contributed by atoms with van der Waals surface area (Å²) in [5.41, 5.74) is 5.00. The first-order chi connectivity index (χ1) is 12.7. The van der Waals surface area contributed by atoms with Gasteiger partial charge in [0, 0.05) is 5.56 Å². The largest absolute Gasteiger partial charge is 0.338 e. The zero-order chi connectivity index (χ0) is 17.9. The molecule has 4 aromatic rings. The van der Waals surface area contributed by atoms with Gasteiger partial charge in [-0.1, -0.05) is 66.7 Å². The molecule has 0 aliphatic carbocycles. The Morgan fingerprint density at radius 2 is 1.58 bits per heavy atom. The summed E-state index contributed by atoms with van der Waals surface area (Å²) in [7, 11) is 0. The third kappa shape index (κ3) is 3.40. The predicted molar refractivity (Wildman–Crippen MR) is 102 cm³/mol. The fraction of sp³-hybridized carbons (Fsp3) is 0.0455. The number of nitrogens with one attached hydrogen (secondary N) is 1. The van der Waals surface area contributed by atoms with E-state index in [-0.39, 0.29) is 5.56 Å². The molecule has 0 radical (unpaired) electrons. The van der Waals surface area contributed by atoms with Crippen molar-refractivity contribution in [1.29, 1.82) is 0 Å². The molecular formula is C22H16F2N2. The highest BCUT2D eigenvalue weighted by molar-refractivity contribution is 5.83. The lowest BCUT2D eigenvalue weighted by molar-refractivity contribution is 0.151. The Morgan fingerprint density at radius 1 is 0.808 bits per heavy atom. The van der Waals surface area contributed by atoms with E-state index in [1.807, 2.05) is 36.4 Å². The lowest BCUT2D eigenvalue weighted by atomic mass is 10.1. The summed E-state index contributed by atoms with van der Waals surface area (Å²) < 4.78 is 25.2. The maximum atomic E-state index is 12.6. The number of alkyl halides is 2. The summed E-state index contributed by atoms with van der Waals surface area (Å²) in [6.45, 7) is 0. The van der Waals surface area contributed by atoms with Gasteiger partial charge in [0.2, 0.25) is 0 Å². The molecule has 0 aliphatic rings. The van der Waals surface area contributed by atoms with Gasteiger partial charge in [-0.05, 0) is 34.9 Å². The van der Waals surface area contributed by atoms with Gasteiger partial charge in [0.25, 0.3) is 6.43 Å². The molecule has 0 saturated heterocycles. The number of nitrogens with zero attached hydrogens (tertiary/aromatic N) is 1. The Balaban J connectivity index is 1.59. The van der Waals surface area contributed by atoms with Crippen molar-refractivity contribution in [1.82, 2.24) is 9.97 Å². The molecule has 26 heavy (non-hydrogen) atoms. The van der Waals surface area contributed by atoms with Crippen LogP contribution in [0.25, 0.3) is 34.3 Å². The third-order valence-electron chi connectivity index (χ3n) is 4.23. The van der Waals surface area contributed by atoms with Gasteiger partial charge in [-0.3, -0.25) is 0 Å². The van der Waals surface area contributed by atoms with Crippen LogP contribution in [-0.2, 0) is 0 Å². The maximum absolute atomic E-state index is 12.6. The van der Waals surface area contributed by atoms with Crippen LogP contribution in [0.15, 0.2) is 72.8 Å². The van der Waals surface area contributed by atoms with E-state index < -0.39 is 6.43 Å². The van der Waals surface area contributed by atoms with Gasteiger partial charge in [-0.2, -0.15) is 0 Å². The molecule has 0 fully saturated rings. The van der Waals surface area contributed by atoms with E-state index in [1.165, 1.54) is 12.1 Å². The standard InChI is InChI=1S/C22H16F2N2/c23-22(24)17-9-6-15(7-10-17)8-13-21-25-19-12-11-18(14-20(19)26-21)16-4-2-1-3-5-16/h1-14,22H,(H,25,26)/b13-8+. The minimum Gasteiger partial charge on any atom is -0.338 e. The number of imidazole rings is 1. The molecule has 1 heterocycles. The number of aromatic amines is 1. The molecule has 0 amide bonds. The van der Waals surface area contributed by atoms with Gasteiger partial charge in [0.05, 0.1) is 11.0 Å². The first kappa shape index (κ1) is 16.2. The van der Waals surface area contributed by atoms with Crippen molar-refractivity contribution in [2.24, 2.45) is 0 Å². The summed E-state index contributed by atoms with van der Waals surface area (Å²) in [5, 5.41) is 0. The zero-order valence-corrected chi connectivity index (χ0v) is 13.9. The van der Waals surface area contributed by atoms with Crippen LogP contribution in [0.5, 0.6) is 0 Å². The van der Waals surface area contributed by atoms with Crippen LogP contribution in [0.2, 0.25) is 0 Å². The molecule has 0 aliphatic heterocycles. The summed E-state index contributed by atoms with van der Waals surface area (Å²) in [6.07, 6.45) is 1.26. The predicted octanol–water partition coefficient (Wildman–Crippen LogP) is 6.34. The maximum Gasteiger partial charge on any atom is 0.263 e. The van der Waals surface area contributed by atoms with E-state index >= 15 is 0 Å². The first-order valence-corrected chi connectivity index (χ1v) is 8.30. The number of halogens is 2. The van der Waals surface area contributed by atoms with E-state index in [9.17, 15) is 8.78 Å². The van der Waals surface area contributed by atoms with Crippen molar-refractivity contribution in [3.63, 3.8) is 0 Å². The minimum absolute atomic E-state index is 0.0272.